The Labute approximate surface area is 245 Å². The molecular weight excluding hydrogens is 544 g/mol. The standard InChI is InChI=1S/C31H40N2O7S/c1-6-7-8-9-19-13-22(35)26(21-12-17(4)10-11-20(21)16(2)3)23(14-19)40-31(39)32-15-24-27(30(37)38)33-28(36)25(18(5)34)29(33)41-24/h12-14,18,20-21,25,29,34-35H,2,6-11,15H2,1,3-5H3,(H,32,39)(H,37,38)/t18-,20+,21-,25+,29-/m1/s1. The summed E-state index contributed by atoms with van der Waals surface area (Å²) in [6.45, 7) is 11.6. The van der Waals surface area contributed by atoms with Crippen molar-refractivity contribution in [2.45, 2.75) is 83.6 Å². The van der Waals surface area contributed by atoms with Crippen LogP contribution in [0.5, 0.6) is 11.5 Å². The number of aliphatic carboxylic acids is 1. The van der Waals surface area contributed by atoms with E-state index in [1.54, 1.807) is 6.07 Å². The molecule has 0 spiro atoms. The molecule has 2 aliphatic heterocycles. The molecule has 2 heterocycles. The van der Waals surface area contributed by atoms with Crippen molar-refractivity contribution in [3.05, 3.63) is 57.7 Å². The fourth-order valence-corrected chi connectivity index (χ4v) is 7.53. The Hall–Kier alpha value is -3.24. The summed E-state index contributed by atoms with van der Waals surface area (Å²) in [6, 6.07) is 3.56. The number of aryl methyl sites for hydroxylation is 1. The van der Waals surface area contributed by atoms with E-state index in [0.29, 0.717) is 10.5 Å². The lowest BCUT2D eigenvalue weighted by molar-refractivity contribution is -0.156. The van der Waals surface area contributed by atoms with Crippen LogP contribution in [0.15, 0.2) is 46.5 Å². The molecule has 10 heteroatoms. The van der Waals surface area contributed by atoms with Gasteiger partial charge in [0.15, 0.2) is 0 Å². The normalized spacial score (nSPS) is 24.4. The number of β-lactam (4-membered cyclic amide) rings is 1. The van der Waals surface area contributed by atoms with E-state index in [0.717, 1.165) is 66.3 Å². The second-order valence-corrected chi connectivity index (χ2v) is 12.5. The lowest BCUT2D eigenvalue weighted by atomic mass is 9.73. The van der Waals surface area contributed by atoms with Crippen molar-refractivity contribution >= 4 is 29.7 Å². The summed E-state index contributed by atoms with van der Waals surface area (Å²) in [7, 11) is 0. The molecule has 4 rings (SSSR count). The Morgan fingerprint density at radius 1 is 1.29 bits per heavy atom. The Balaban J connectivity index is 1.58. The van der Waals surface area contributed by atoms with Gasteiger partial charge in [0, 0.05) is 16.4 Å². The van der Waals surface area contributed by atoms with Crippen molar-refractivity contribution in [1.82, 2.24) is 10.2 Å². The molecule has 1 aromatic carbocycles. The van der Waals surface area contributed by atoms with E-state index in [-0.39, 0.29) is 35.6 Å². The lowest BCUT2D eigenvalue weighted by Gasteiger charge is -2.43. The van der Waals surface area contributed by atoms with Crippen LogP contribution in [0.2, 0.25) is 0 Å². The number of aliphatic hydroxyl groups is 1. The van der Waals surface area contributed by atoms with Crippen LogP contribution in [-0.2, 0) is 16.0 Å². The molecule has 5 atom stereocenters. The Bertz CT molecular complexity index is 1300. The molecule has 2 amide bonds. The molecule has 0 saturated carbocycles. The highest BCUT2D eigenvalue weighted by molar-refractivity contribution is 8.04. The third kappa shape index (κ3) is 6.33. The number of amides is 2. The number of nitrogens with zero attached hydrogens (tertiary/aromatic N) is 1. The van der Waals surface area contributed by atoms with Gasteiger partial charge in [0.25, 0.3) is 0 Å². The van der Waals surface area contributed by atoms with Crippen molar-refractivity contribution in [2.75, 3.05) is 6.54 Å². The van der Waals surface area contributed by atoms with Gasteiger partial charge in [-0.1, -0.05) is 55.3 Å². The highest BCUT2D eigenvalue weighted by Gasteiger charge is 2.57. The number of rotatable bonds is 11. The zero-order chi connectivity index (χ0) is 30.0. The average molecular weight is 585 g/mol. The van der Waals surface area contributed by atoms with Gasteiger partial charge in [-0.25, -0.2) is 9.59 Å². The van der Waals surface area contributed by atoms with E-state index in [1.807, 2.05) is 19.9 Å². The second-order valence-electron chi connectivity index (χ2n) is 11.3. The highest BCUT2D eigenvalue weighted by Crippen LogP contribution is 2.50. The summed E-state index contributed by atoms with van der Waals surface area (Å²) in [5.74, 6) is -2.24. The first-order valence-corrected chi connectivity index (χ1v) is 15.1. The summed E-state index contributed by atoms with van der Waals surface area (Å²) in [5.41, 5.74) is 3.38. The van der Waals surface area contributed by atoms with E-state index in [9.17, 15) is 29.7 Å². The lowest BCUT2D eigenvalue weighted by Crippen LogP contribution is -2.60. The van der Waals surface area contributed by atoms with Crippen LogP contribution >= 0.6 is 11.8 Å². The molecule has 1 aromatic rings. The third-order valence-corrected chi connectivity index (χ3v) is 9.50. The number of fused-ring (bicyclic) bond motifs is 1. The van der Waals surface area contributed by atoms with Crippen molar-refractivity contribution in [3.63, 3.8) is 0 Å². The van der Waals surface area contributed by atoms with E-state index in [2.05, 4.69) is 24.9 Å². The van der Waals surface area contributed by atoms with Gasteiger partial charge >= 0.3 is 12.1 Å². The van der Waals surface area contributed by atoms with Gasteiger partial charge in [-0.15, -0.1) is 0 Å². The molecule has 1 saturated heterocycles. The number of ether oxygens (including phenoxy) is 1. The molecule has 4 N–H and O–H groups in total. The number of allylic oxidation sites excluding steroid dienone is 3. The van der Waals surface area contributed by atoms with Crippen LogP contribution in [0.25, 0.3) is 0 Å². The number of aliphatic hydroxyl groups excluding tert-OH is 1. The zero-order valence-electron chi connectivity index (χ0n) is 24.1. The van der Waals surface area contributed by atoms with Gasteiger partial charge in [0.05, 0.1) is 18.6 Å². The van der Waals surface area contributed by atoms with E-state index < -0.39 is 35.4 Å². The molecule has 1 fully saturated rings. The molecule has 1 aliphatic carbocycles. The van der Waals surface area contributed by atoms with Gasteiger partial charge in [-0.3, -0.25) is 9.69 Å². The van der Waals surface area contributed by atoms with Crippen LogP contribution in [0.1, 0.15) is 76.8 Å². The minimum absolute atomic E-state index is 0.0678. The number of phenols is 1. The Morgan fingerprint density at radius 3 is 2.66 bits per heavy atom. The fourth-order valence-electron chi connectivity index (χ4n) is 5.98. The first-order valence-electron chi connectivity index (χ1n) is 14.2. The molecule has 0 radical (unpaired) electrons. The molecule has 0 aromatic heterocycles. The van der Waals surface area contributed by atoms with Gasteiger partial charge < -0.3 is 25.4 Å². The third-order valence-electron chi connectivity index (χ3n) is 8.13. The topological polar surface area (TPSA) is 136 Å². The first-order chi connectivity index (χ1) is 19.4. The second kappa shape index (κ2) is 12.7. The van der Waals surface area contributed by atoms with Crippen LogP contribution < -0.4 is 10.1 Å². The van der Waals surface area contributed by atoms with Gasteiger partial charge in [0.1, 0.15) is 22.6 Å². The smallest absolute Gasteiger partial charge is 0.412 e. The summed E-state index contributed by atoms with van der Waals surface area (Å²) < 4.78 is 5.83. The van der Waals surface area contributed by atoms with Crippen molar-refractivity contribution in [3.8, 4) is 11.5 Å². The SMILES string of the molecule is C=C(C)[C@@H]1CCC(C)=C[C@H]1c1c(O)cc(CCCCC)cc1OC(=O)NCC1=C(C(=O)O)N2C(=O)[C@H]([C@@H](C)O)[C@H]2S1. The number of unbranched alkanes of at least 4 members (excludes halogenated alkanes) is 2. The maximum atomic E-state index is 13.1. The number of carboxylic acids is 1. The monoisotopic (exact) mass is 584 g/mol. The van der Waals surface area contributed by atoms with Crippen molar-refractivity contribution in [2.24, 2.45) is 11.8 Å². The molecular formula is C31H40N2O7S. The summed E-state index contributed by atoms with van der Waals surface area (Å²) in [6.07, 6.45) is 5.94. The summed E-state index contributed by atoms with van der Waals surface area (Å²) in [5, 5.41) is 33.1. The molecule has 41 heavy (non-hydrogen) atoms. The largest absolute Gasteiger partial charge is 0.507 e. The number of aromatic hydroxyl groups is 1. The zero-order valence-corrected chi connectivity index (χ0v) is 24.9. The number of carbonyl (C=O) groups excluding carboxylic acids is 2. The van der Waals surface area contributed by atoms with Crippen molar-refractivity contribution < 1.29 is 34.4 Å². The predicted molar refractivity (Wildman–Crippen MR) is 157 cm³/mol. The Morgan fingerprint density at radius 2 is 2.02 bits per heavy atom. The van der Waals surface area contributed by atoms with Crippen molar-refractivity contribution in [1.29, 1.82) is 0 Å². The van der Waals surface area contributed by atoms with Crippen LogP contribution in [-0.4, -0.2) is 56.2 Å². The molecule has 9 nitrogen and oxygen atoms in total. The highest BCUT2D eigenvalue weighted by atomic mass is 32.2. The molecule has 3 aliphatic rings. The van der Waals surface area contributed by atoms with Crippen LogP contribution in [0.3, 0.4) is 0 Å². The van der Waals surface area contributed by atoms with Gasteiger partial charge in [0.2, 0.25) is 5.91 Å². The first kappa shape index (κ1) is 30.7. The molecule has 222 valence electrons. The van der Waals surface area contributed by atoms with Crippen LogP contribution in [0.4, 0.5) is 4.79 Å². The minimum atomic E-state index is -1.28. The Kier molecular flexibility index (Phi) is 9.54. The molecule has 0 unspecified atom stereocenters. The maximum absolute atomic E-state index is 13.1. The van der Waals surface area contributed by atoms with Crippen LogP contribution in [0, 0.1) is 11.8 Å². The fraction of sp³-hybridized carbons (Fsp3) is 0.516. The number of nitrogens with one attached hydrogen (secondary N) is 1. The number of benzene rings is 1. The minimum Gasteiger partial charge on any atom is -0.507 e. The maximum Gasteiger partial charge on any atom is 0.412 e. The molecule has 0 bridgehead atoms. The van der Waals surface area contributed by atoms with E-state index >= 15 is 0 Å². The number of phenolic OH excluding ortho intramolecular Hbond substituents is 1. The number of thioether (sulfide) groups is 1. The number of carboxylic acid groups (broad SMARTS) is 1. The van der Waals surface area contributed by atoms with E-state index in [1.165, 1.54) is 12.5 Å². The summed E-state index contributed by atoms with van der Waals surface area (Å²) >= 11 is 1.15. The number of carbonyl (C=O) groups is 3. The summed E-state index contributed by atoms with van der Waals surface area (Å²) in [4.78, 5) is 39.0. The quantitative estimate of drug-likeness (QED) is 0.153. The number of hydrogen-bond acceptors (Lipinski definition) is 7. The number of hydrogen-bond donors (Lipinski definition) is 4. The average Bonchev–Trinajstić information content (AvgIpc) is 3.21. The van der Waals surface area contributed by atoms with E-state index in [4.69, 9.17) is 4.74 Å². The predicted octanol–water partition coefficient (Wildman–Crippen LogP) is 5.44. The van der Waals surface area contributed by atoms with Gasteiger partial charge in [-0.2, -0.15) is 0 Å². The van der Waals surface area contributed by atoms with Gasteiger partial charge in [-0.05, 0) is 70.1 Å².